The van der Waals surface area contributed by atoms with E-state index in [1.807, 2.05) is 0 Å². The van der Waals surface area contributed by atoms with Gasteiger partial charge in [-0.3, -0.25) is 9.59 Å². The van der Waals surface area contributed by atoms with Gasteiger partial charge in [0.25, 0.3) is 0 Å². The molecule has 1 fully saturated rings. The van der Waals surface area contributed by atoms with E-state index >= 15 is 0 Å². The molecule has 2 N–H and O–H groups in total. The largest absolute Gasteiger partial charge is 0.381 e. The molecule has 2 aromatic carbocycles. The van der Waals surface area contributed by atoms with Gasteiger partial charge in [0.2, 0.25) is 5.91 Å². The van der Waals surface area contributed by atoms with Gasteiger partial charge >= 0.3 is 0 Å². The lowest BCUT2D eigenvalue weighted by atomic mass is 9.91. The lowest BCUT2D eigenvalue weighted by Crippen LogP contribution is -2.45. The fourth-order valence-corrected chi connectivity index (χ4v) is 5.88. The maximum atomic E-state index is 15.0. The Morgan fingerprint density at radius 1 is 1.18 bits per heavy atom. The van der Waals surface area contributed by atoms with E-state index in [9.17, 15) is 22.4 Å². The second kappa shape index (κ2) is 9.50. The minimum Gasteiger partial charge on any atom is -0.381 e. The molecule has 2 aliphatic heterocycles. The molecule has 33 heavy (non-hydrogen) atoms. The van der Waals surface area contributed by atoms with Crippen molar-refractivity contribution in [1.29, 1.82) is 0 Å². The van der Waals surface area contributed by atoms with Crippen molar-refractivity contribution in [3.05, 3.63) is 58.4 Å². The number of nitrogens with two attached hydrogens (primary N) is 1. The first-order valence-electron chi connectivity index (χ1n) is 10.6. The van der Waals surface area contributed by atoms with Crippen molar-refractivity contribution in [1.82, 2.24) is 0 Å². The monoisotopic (exact) mass is 494 g/mol. The van der Waals surface area contributed by atoms with E-state index in [1.165, 1.54) is 11.0 Å². The van der Waals surface area contributed by atoms with Gasteiger partial charge < -0.3 is 15.4 Å². The van der Waals surface area contributed by atoms with E-state index in [0.29, 0.717) is 36.6 Å². The van der Waals surface area contributed by atoms with Crippen LogP contribution in [0.3, 0.4) is 0 Å². The minimum absolute atomic E-state index is 0.00848. The molecule has 10 heteroatoms. The molecule has 1 amide bonds. The molecule has 4 rings (SSSR count). The highest BCUT2D eigenvalue weighted by molar-refractivity contribution is 7.91. The molecule has 0 saturated carbocycles. The number of carbonyl (C=O) groups excluding carboxylic acids is 2. The molecule has 7 nitrogen and oxygen atoms in total. The summed E-state index contributed by atoms with van der Waals surface area (Å²) in [7, 11) is -4.06. The number of carbonyl (C=O) groups is 2. The van der Waals surface area contributed by atoms with E-state index in [1.54, 1.807) is 24.3 Å². The molecule has 0 radical (unpaired) electrons. The average molecular weight is 495 g/mol. The molecule has 1 atom stereocenters. The number of hydrogen-bond donors (Lipinski definition) is 1. The summed E-state index contributed by atoms with van der Waals surface area (Å²) in [5.74, 6) is -2.57. The third kappa shape index (κ3) is 5.11. The maximum Gasteiger partial charge on any atom is 0.245 e. The van der Waals surface area contributed by atoms with Crippen LogP contribution >= 0.6 is 11.6 Å². The maximum absolute atomic E-state index is 15.0. The van der Waals surface area contributed by atoms with Crippen LogP contribution in [0.15, 0.2) is 41.3 Å². The molecule has 2 aromatic rings. The Balaban J connectivity index is 1.77. The molecule has 2 heterocycles. The Labute approximate surface area is 196 Å². The summed E-state index contributed by atoms with van der Waals surface area (Å²) in [6, 6.07) is 7.37. The van der Waals surface area contributed by atoms with Crippen LogP contribution in [-0.2, 0) is 25.9 Å². The number of fused-ring (bicyclic) bond motifs is 1. The molecule has 0 spiro atoms. The predicted octanol–water partition coefficient (Wildman–Crippen LogP) is 3.13. The van der Waals surface area contributed by atoms with E-state index in [0.717, 1.165) is 6.07 Å². The van der Waals surface area contributed by atoms with Crippen LogP contribution in [0.2, 0.25) is 5.02 Å². The summed E-state index contributed by atoms with van der Waals surface area (Å²) in [5, 5.41) is 0.503. The van der Waals surface area contributed by atoms with Gasteiger partial charge in [0.1, 0.15) is 5.82 Å². The fraction of sp³-hybridized carbons (Fsp3) is 0.391. The van der Waals surface area contributed by atoms with Crippen LogP contribution in [0.4, 0.5) is 10.1 Å². The predicted molar refractivity (Wildman–Crippen MR) is 122 cm³/mol. The summed E-state index contributed by atoms with van der Waals surface area (Å²) in [6.45, 7) is 1.08. The van der Waals surface area contributed by atoms with Gasteiger partial charge in [-0.1, -0.05) is 23.7 Å². The molecule has 2 aliphatic rings. The van der Waals surface area contributed by atoms with Crippen molar-refractivity contribution < 1.29 is 27.1 Å². The Morgan fingerprint density at radius 3 is 2.52 bits per heavy atom. The standard InChI is InChI=1S/C23H24ClFN2O5S/c24-16-3-1-15(2-4-16)12-27-20-10-17(21(28)9-14-5-7-32-8-6-14)18(25)11-22(20)33(30,31)13-19(26)23(27)29/h1-4,10-11,14,19H,5-9,12-13,26H2/t19-/m0/s1. The quantitative estimate of drug-likeness (QED) is 0.640. The normalized spacial score (nSPS) is 20.9. The molecule has 0 aliphatic carbocycles. The van der Waals surface area contributed by atoms with Crippen LogP contribution < -0.4 is 10.6 Å². The van der Waals surface area contributed by atoms with Gasteiger partial charge in [0.15, 0.2) is 15.6 Å². The molecule has 1 saturated heterocycles. The smallest absolute Gasteiger partial charge is 0.245 e. The third-order valence-corrected chi connectivity index (χ3v) is 8.07. The highest BCUT2D eigenvalue weighted by Crippen LogP contribution is 2.35. The van der Waals surface area contributed by atoms with E-state index in [2.05, 4.69) is 0 Å². The summed E-state index contributed by atoms with van der Waals surface area (Å²) in [5.41, 5.74) is 6.29. The van der Waals surface area contributed by atoms with Gasteiger partial charge in [-0.15, -0.1) is 0 Å². The summed E-state index contributed by atoms with van der Waals surface area (Å²) < 4.78 is 46.1. The van der Waals surface area contributed by atoms with Crippen molar-refractivity contribution in [2.75, 3.05) is 23.9 Å². The van der Waals surface area contributed by atoms with Gasteiger partial charge in [-0.25, -0.2) is 12.8 Å². The van der Waals surface area contributed by atoms with Crippen molar-refractivity contribution >= 4 is 38.8 Å². The summed E-state index contributed by atoms with van der Waals surface area (Å²) in [4.78, 5) is 26.9. The van der Waals surface area contributed by atoms with Gasteiger partial charge in [-0.05, 0) is 48.6 Å². The van der Waals surface area contributed by atoms with Crippen LogP contribution in [-0.4, -0.2) is 45.1 Å². The Morgan fingerprint density at radius 2 is 1.85 bits per heavy atom. The number of sulfone groups is 1. The van der Waals surface area contributed by atoms with E-state index in [-0.39, 0.29) is 35.0 Å². The number of rotatable bonds is 5. The first-order chi connectivity index (χ1) is 15.7. The second-order valence-corrected chi connectivity index (χ2v) is 10.9. The Kier molecular flexibility index (Phi) is 6.86. The fourth-order valence-electron chi connectivity index (χ4n) is 4.19. The third-order valence-electron chi connectivity index (χ3n) is 6.03. The number of ether oxygens (including phenoxy) is 1. The number of hydrogen-bond acceptors (Lipinski definition) is 6. The van der Waals surface area contributed by atoms with E-state index < -0.39 is 39.1 Å². The lowest BCUT2D eigenvalue weighted by molar-refractivity contribution is -0.119. The number of ketones is 1. The van der Waals surface area contributed by atoms with Crippen molar-refractivity contribution in [2.45, 2.75) is 36.7 Å². The van der Waals surface area contributed by atoms with Gasteiger partial charge in [0.05, 0.1) is 34.5 Å². The zero-order chi connectivity index (χ0) is 23.8. The number of Topliss-reactive ketones (excluding diaryl/α,β-unsaturated/α-hetero) is 1. The molecule has 0 unspecified atom stereocenters. The van der Waals surface area contributed by atoms with Gasteiger partial charge in [-0.2, -0.15) is 0 Å². The topological polar surface area (TPSA) is 107 Å². The molecule has 176 valence electrons. The molecular formula is C23H24ClFN2O5S. The van der Waals surface area contributed by atoms with Crippen LogP contribution in [0, 0.1) is 11.7 Å². The average Bonchev–Trinajstić information content (AvgIpc) is 2.84. The highest BCUT2D eigenvalue weighted by Gasteiger charge is 2.37. The van der Waals surface area contributed by atoms with Crippen molar-refractivity contribution in [3.8, 4) is 0 Å². The zero-order valence-corrected chi connectivity index (χ0v) is 19.4. The van der Waals surface area contributed by atoms with Crippen molar-refractivity contribution in [2.24, 2.45) is 11.7 Å². The minimum atomic E-state index is -4.06. The highest BCUT2D eigenvalue weighted by atomic mass is 35.5. The number of benzene rings is 2. The summed E-state index contributed by atoms with van der Waals surface area (Å²) >= 11 is 5.94. The molecule has 0 bridgehead atoms. The molecular weight excluding hydrogens is 471 g/mol. The number of halogens is 2. The molecule has 0 aromatic heterocycles. The van der Waals surface area contributed by atoms with Crippen molar-refractivity contribution in [3.63, 3.8) is 0 Å². The first-order valence-corrected chi connectivity index (χ1v) is 12.7. The SMILES string of the molecule is N[C@H]1CS(=O)(=O)c2cc(F)c(C(=O)CC3CCOCC3)cc2N(Cc2ccc(Cl)cc2)C1=O. The lowest BCUT2D eigenvalue weighted by Gasteiger charge is -2.25. The number of anilines is 1. The number of amides is 1. The zero-order valence-electron chi connectivity index (χ0n) is 17.8. The van der Waals surface area contributed by atoms with Gasteiger partial charge in [0, 0.05) is 24.7 Å². The second-order valence-electron chi connectivity index (χ2n) is 8.42. The Bertz CT molecular complexity index is 1180. The summed E-state index contributed by atoms with van der Waals surface area (Å²) in [6.07, 6.45) is 1.52. The number of nitrogens with zero attached hydrogens (tertiary/aromatic N) is 1. The first kappa shape index (κ1) is 23.8. The van der Waals surface area contributed by atoms with E-state index in [4.69, 9.17) is 22.1 Å². The Hall–Kier alpha value is -2.33. The van der Waals surface area contributed by atoms with Crippen LogP contribution in [0.25, 0.3) is 0 Å². The van der Waals surface area contributed by atoms with Crippen LogP contribution in [0.5, 0.6) is 0 Å². The van der Waals surface area contributed by atoms with Crippen LogP contribution in [0.1, 0.15) is 35.2 Å².